The second kappa shape index (κ2) is 13.3. The van der Waals surface area contributed by atoms with Gasteiger partial charge < -0.3 is 14.2 Å². The third-order valence-corrected chi connectivity index (χ3v) is 5.77. The summed E-state index contributed by atoms with van der Waals surface area (Å²) in [5.74, 6) is 3.06. The first-order chi connectivity index (χ1) is 14.7. The van der Waals surface area contributed by atoms with Crippen LogP contribution in [0.3, 0.4) is 0 Å². The lowest BCUT2D eigenvalue weighted by atomic mass is 9.98. The van der Waals surface area contributed by atoms with Crippen molar-refractivity contribution in [2.75, 3.05) is 13.2 Å². The molecule has 0 aliphatic heterocycles. The highest BCUT2D eigenvalue weighted by Gasteiger charge is 2.16. The second-order valence-corrected chi connectivity index (χ2v) is 7.83. The number of benzene rings is 2. The molecule has 0 bridgehead atoms. The Labute approximate surface area is 183 Å². The van der Waals surface area contributed by atoms with Gasteiger partial charge in [0.15, 0.2) is 6.29 Å². The highest BCUT2D eigenvalue weighted by Crippen LogP contribution is 2.34. The highest BCUT2D eigenvalue weighted by atomic mass is 16.7. The maximum atomic E-state index is 5.83. The summed E-state index contributed by atoms with van der Waals surface area (Å²) in [4.78, 5) is 0. The summed E-state index contributed by atoms with van der Waals surface area (Å²) in [7, 11) is 0. The summed E-state index contributed by atoms with van der Waals surface area (Å²) in [6, 6.07) is 16.9. The van der Waals surface area contributed by atoms with Gasteiger partial charge in [0.1, 0.15) is 18.1 Å². The van der Waals surface area contributed by atoms with E-state index < -0.39 is 0 Å². The zero-order valence-corrected chi connectivity index (χ0v) is 19.5. The molecule has 2 aromatic rings. The Morgan fingerprint density at radius 3 is 2.03 bits per heavy atom. The Bertz CT molecular complexity index is 687. The molecule has 0 heterocycles. The average molecular weight is 413 g/mol. The van der Waals surface area contributed by atoms with Gasteiger partial charge in [-0.2, -0.15) is 0 Å². The fraction of sp³-hybridized carbons (Fsp3) is 0.556. The normalized spacial score (nSPS) is 15.8. The smallest absolute Gasteiger partial charge is 0.197 e. The molecule has 3 rings (SSSR count). The zero-order valence-electron chi connectivity index (χ0n) is 19.5. The van der Waals surface area contributed by atoms with Crippen LogP contribution in [0.1, 0.15) is 89.7 Å². The van der Waals surface area contributed by atoms with Gasteiger partial charge in [0.2, 0.25) is 0 Å². The summed E-state index contributed by atoms with van der Waals surface area (Å²) >= 11 is 0. The molecule has 1 saturated carbocycles. The molecule has 0 spiro atoms. The Morgan fingerprint density at radius 2 is 1.43 bits per heavy atom. The largest absolute Gasteiger partial charge is 0.491 e. The topological polar surface area (TPSA) is 27.7 Å². The minimum Gasteiger partial charge on any atom is -0.491 e. The van der Waals surface area contributed by atoms with Crippen LogP contribution in [0, 0.1) is 0 Å². The van der Waals surface area contributed by atoms with Gasteiger partial charge in [-0.25, -0.2) is 0 Å². The van der Waals surface area contributed by atoms with Gasteiger partial charge in [0.05, 0.1) is 6.61 Å². The molecule has 1 aliphatic carbocycles. The van der Waals surface area contributed by atoms with Crippen LogP contribution in [0.15, 0.2) is 48.5 Å². The van der Waals surface area contributed by atoms with Crippen LogP contribution in [0.5, 0.6) is 11.5 Å². The zero-order chi connectivity index (χ0) is 21.8. The molecule has 2 aromatic carbocycles. The van der Waals surface area contributed by atoms with Crippen LogP contribution in [0.25, 0.3) is 0 Å². The van der Waals surface area contributed by atoms with Crippen molar-refractivity contribution in [2.24, 2.45) is 0 Å². The highest BCUT2D eigenvalue weighted by molar-refractivity contribution is 5.30. The third-order valence-electron chi connectivity index (χ3n) is 5.77. The minimum atomic E-state index is -0.303. The van der Waals surface area contributed by atoms with Crippen molar-refractivity contribution < 1.29 is 14.2 Å². The summed E-state index contributed by atoms with van der Waals surface area (Å²) in [5.41, 5.74) is 2.79. The molecule has 0 amide bonds. The van der Waals surface area contributed by atoms with Gasteiger partial charge >= 0.3 is 0 Å². The maximum absolute atomic E-state index is 5.83. The number of rotatable bonds is 10. The number of ether oxygens (including phenoxy) is 3. The molecular weight excluding hydrogens is 372 g/mol. The van der Waals surface area contributed by atoms with Crippen molar-refractivity contribution in [3.05, 3.63) is 59.7 Å². The van der Waals surface area contributed by atoms with Crippen molar-refractivity contribution in [3.63, 3.8) is 0 Å². The Hall–Kier alpha value is -2.00. The Morgan fingerprint density at radius 1 is 0.833 bits per heavy atom. The molecule has 2 atom stereocenters. The summed E-state index contributed by atoms with van der Waals surface area (Å²) in [6.45, 7) is 11.4. The van der Waals surface area contributed by atoms with Gasteiger partial charge in [-0.15, -0.1) is 0 Å². The van der Waals surface area contributed by atoms with Crippen molar-refractivity contribution >= 4 is 0 Å². The standard InChI is InChI=1S/C25H34O3.C2H6/c1-4-19(2)21-9-15-25(16-10-21)28-20(3)26-17-18-27-24-13-11-23(12-14-24)22-7-5-6-8-22;1-2/h9-16,19-20,22H,4-8,17-18H2,1-3H3;1-2H3. The molecule has 2 unspecified atom stereocenters. The van der Waals surface area contributed by atoms with Crippen molar-refractivity contribution in [1.82, 2.24) is 0 Å². The first kappa shape index (κ1) is 24.3. The van der Waals surface area contributed by atoms with E-state index in [9.17, 15) is 0 Å². The maximum Gasteiger partial charge on any atom is 0.197 e. The lowest BCUT2D eigenvalue weighted by Gasteiger charge is -2.17. The van der Waals surface area contributed by atoms with Crippen molar-refractivity contribution in [3.8, 4) is 11.5 Å². The molecule has 166 valence electrons. The SMILES string of the molecule is CC.CCC(C)c1ccc(OC(C)OCCOc2ccc(C3CCCC3)cc2)cc1. The lowest BCUT2D eigenvalue weighted by Crippen LogP contribution is -2.19. The van der Waals surface area contributed by atoms with Gasteiger partial charge in [-0.05, 0) is 73.4 Å². The Balaban J connectivity index is 0.00000155. The van der Waals surface area contributed by atoms with Crippen LogP contribution >= 0.6 is 0 Å². The van der Waals surface area contributed by atoms with E-state index in [4.69, 9.17) is 14.2 Å². The van der Waals surface area contributed by atoms with Crippen LogP contribution < -0.4 is 9.47 Å². The van der Waals surface area contributed by atoms with E-state index >= 15 is 0 Å². The van der Waals surface area contributed by atoms with E-state index in [0.717, 1.165) is 23.8 Å². The number of hydrogen-bond donors (Lipinski definition) is 0. The molecule has 1 aliphatic rings. The molecule has 30 heavy (non-hydrogen) atoms. The average Bonchev–Trinajstić information content (AvgIpc) is 3.33. The first-order valence-corrected chi connectivity index (χ1v) is 11.8. The predicted molar refractivity (Wildman–Crippen MR) is 126 cm³/mol. The third kappa shape index (κ3) is 7.68. The van der Waals surface area contributed by atoms with Crippen LogP contribution in [-0.4, -0.2) is 19.5 Å². The number of hydrogen-bond acceptors (Lipinski definition) is 3. The molecule has 3 heteroatoms. The van der Waals surface area contributed by atoms with Gasteiger partial charge in [0, 0.05) is 0 Å². The predicted octanol–water partition coefficient (Wildman–Crippen LogP) is 7.70. The van der Waals surface area contributed by atoms with E-state index in [-0.39, 0.29) is 6.29 Å². The van der Waals surface area contributed by atoms with E-state index in [1.807, 2.05) is 32.9 Å². The summed E-state index contributed by atoms with van der Waals surface area (Å²) in [6.07, 6.45) is 6.22. The second-order valence-electron chi connectivity index (χ2n) is 7.83. The fourth-order valence-corrected chi connectivity index (χ4v) is 3.81. The minimum absolute atomic E-state index is 0.303. The Kier molecular flexibility index (Phi) is 10.8. The van der Waals surface area contributed by atoms with Crippen molar-refractivity contribution in [1.29, 1.82) is 0 Å². The molecule has 0 saturated heterocycles. The molecule has 0 aromatic heterocycles. The molecule has 0 N–H and O–H groups in total. The monoisotopic (exact) mass is 412 g/mol. The van der Waals surface area contributed by atoms with Crippen molar-refractivity contribution in [2.45, 2.75) is 84.8 Å². The van der Waals surface area contributed by atoms with Gasteiger partial charge in [0.25, 0.3) is 0 Å². The summed E-state index contributed by atoms with van der Waals surface area (Å²) < 4.78 is 17.4. The van der Waals surface area contributed by atoms with Crippen LogP contribution in [-0.2, 0) is 4.74 Å². The fourth-order valence-electron chi connectivity index (χ4n) is 3.81. The summed E-state index contributed by atoms with van der Waals surface area (Å²) in [5, 5.41) is 0. The quantitative estimate of drug-likeness (QED) is 0.295. The van der Waals surface area contributed by atoms with E-state index in [0.29, 0.717) is 19.1 Å². The van der Waals surface area contributed by atoms with E-state index in [1.165, 1.54) is 36.8 Å². The lowest BCUT2D eigenvalue weighted by molar-refractivity contribution is -0.0739. The van der Waals surface area contributed by atoms with E-state index in [2.05, 4.69) is 50.2 Å². The van der Waals surface area contributed by atoms with Crippen LogP contribution in [0.4, 0.5) is 0 Å². The van der Waals surface area contributed by atoms with Gasteiger partial charge in [-0.3, -0.25) is 0 Å². The van der Waals surface area contributed by atoms with Crippen LogP contribution in [0.2, 0.25) is 0 Å². The molecule has 0 radical (unpaired) electrons. The molecule has 1 fully saturated rings. The first-order valence-electron chi connectivity index (χ1n) is 11.8. The van der Waals surface area contributed by atoms with Gasteiger partial charge in [-0.1, -0.05) is 64.8 Å². The molecule has 3 nitrogen and oxygen atoms in total. The van der Waals surface area contributed by atoms with E-state index in [1.54, 1.807) is 0 Å². The molecular formula is C27H40O3.